The van der Waals surface area contributed by atoms with Crippen LogP contribution in [0, 0.1) is 0 Å². The zero-order chi connectivity index (χ0) is 28.4. The van der Waals surface area contributed by atoms with Gasteiger partial charge in [0.1, 0.15) is 23.9 Å². The van der Waals surface area contributed by atoms with Gasteiger partial charge in [-0.3, -0.25) is 14.4 Å². The minimum Gasteiger partial charge on any atom is -0.508 e. The average molecular weight is 556 g/mol. The highest BCUT2D eigenvalue weighted by Gasteiger charge is 2.30. The maximum Gasteiger partial charge on any atom is 0.326 e. The number of H-pyrrole nitrogens is 1. The number of nitrogens with two attached hydrogens (primary N) is 1. The number of nitrogens with one attached hydrogen (secondary N) is 4. The van der Waals surface area contributed by atoms with Crippen LogP contribution in [-0.4, -0.2) is 75.6 Å². The molecule has 1 aromatic heterocycles. The number of rotatable bonds is 14. The molecular formula is C27H33N5O6S. The van der Waals surface area contributed by atoms with E-state index in [4.69, 9.17) is 5.73 Å². The molecule has 0 aliphatic carbocycles. The Hall–Kier alpha value is -4.03. The Balaban J connectivity index is 1.85. The van der Waals surface area contributed by atoms with Crippen LogP contribution < -0.4 is 21.7 Å². The van der Waals surface area contributed by atoms with E-state index in [9.17, 15) is 29.4 Å². The van der Waals surface area contributed by atoms with Crippen LogP contribution in [0.5, 0.6) is 5.75 Å². The SMILES string of the molecule is CSCCC(NC(=O)CN)C(=O)NC(Cc1c[nH]c2ccccc12)C(=O)NC(Cc1ccc(O)cc1)C(=O)O. The van der Waals surface area contributed by atoms with E-state index in [1.807, 2.05) is 30.5 Å². The molecule has 3 rings (SSSR count). The second kappa shape index (κ2) is 14.2. The van der Waals surface area contributed by atoms with E-state index in [-0.39, 0.29) is 25.1 Å². The van der Waals surface area contributed by atoms with Gasteiger partial charge in [-0.15, -0.1) is 0 Å². The molecule has 208 valence electrons. The number of aromatic hydroxyl groups is 1. The second-order valence-corrected chi connectivity index (χ2v) is 9.99. The molecule has 3 atom stereocenters. The van der Waals surface area contributed by atoms with Crippen molar-refractivity contribution in [3.63, 3.8) is 0 Å². The summed E-state index contributed by atoms with van der Waals surface area (Å²) in [5, 5.41) is 28.0. The quantitative estimate of drug-likeness (QED) is 0.153. The molecule has 1 heterocycles. The van der Waals surface area contributed by atoms with Crippen molar-refractivity contribution in [1.29, 1.82) is 0 Å². The number of para-hydroxylation sites is 1. The number of amides is 3. The summed E-state index contributed by atoms with van der Waals surface area (Å²) in [6.07, 6.45) is 3.97. The molecule has 0 radical (unpaired) electrons. The number of thioether (sulfide) groups is 1. The molecule has 3 aromatic rings. The molecular weight excluding hydrogens is 522 g/mol. The van der Waals surface area contributed by atoms with E-state index < -0.39 is 41.8 Å². The number of fused-ring (bicyclic) bond motifs is 1. The van der Waals surface area contributed by atoms with Crippen LogP contribution >= 0.6 is 11.8 Å². The van der Waals surface area contributed by atoms with Gasteiger partial charge in [-0.1, -0.05) is 30.3 Å². The Labute approximate surface area is 229 Å². The summed E-state index contributed by atoms with van der Waals surface area (Å²) in [5.74, 6) is -2.40. The van der Waals surface area contributed by atoms with Gasteiger partial charge in [0, 0.05) is 29.9 Å². The number of benzene rings is 2. The number of carboxylic acids is 1. The zero-order valence-electron chi connectivity index (χ0n) is 21.5. The molecule has 0 saturated carbocycles. The van der Waals surface area contributed by atoms with Crippen molar-refractivity contribution in [1.82, 2.24) is 20.9 Å². The van der Waals surface area contributed by atoms with Gasteiger partial charge in [0.25, 0.3) is 0 Å². The summed E-state index contributed by atoms with van der Waals surface area (Å²) in [4.78, 5) is 53.8. The monoisotopic (exact) mass is 555 g/mol. The van der Waals surface area contributed by atoms with Crippen LogP contribution in [0.25, 0.3) is 10.9 Å². The smallest absolute Gasteiger partial charge is 0.326 e. The lowest BCUT2D eigenvalue weighted by Gasteiger charge is -2.24. The first-order valence-corrected chi connectivity index (χ1v) is 13.8. The van der Waals surface area contributed by atoms with Gasteiger partial charge in [0.2, 0.25) is 17.7 Å². The number of hydrogen-bond acceptors (Lipinski definition) is 7. The molecule has 0 saturated heterocycles. The zero-order valence-corrected chi connectivity index (χ0v) is 22.3. The Morgan fingerprint density at radius 1 is 0.923 bits per heavy atom. The van der Waals surface area contributed by atoms with Gasteiger partial charge < -0.3 is 36.9 Å². The maximum absolute atomic E-state index is 13.5. The van der Waals surface area contributed by atoms with Gasteiger partial charge in [-0.05, 0) is 47.8 Å². The van der Waals surface area contributed by atoms with Crippen LogP contribution in [0.3, 0.4) is 0 Å². The Morgan fingerprint density at radius 2 is 1.59 bits per heavy atom. The lowest BCUT2D eigenvalue weighted by molar-refractivity contribution is -0.142. The van der Waals surface area contributed by atoms with E-state index >= 15 is 0 Å². The van der Waals surface area contributed by atoms with Gasteiger partial charge >= 0.3 is 5.97 Å². The first kappa shape index (κ1) is 29.5. The van der Waals surface area contributed by atoms with Crippen molar-refractivity contribution in [2.45, 2.75) is 37.4 Å². The number of aromatic amines is 1. The van der Waals surface area contributed by atoms with Crippen LogP contribution in [0.15, 0.2) is 54.7 Å². The molecule has 0 aliphatic rings. The van der Waals surface area contributed by atoms with Gasteiger partial charge in [-0.25, -0.2) is 4.79 Å². The van der Waals surface area contributed by atoms with Crippen molar-refractivity contribution >= 4 is 46.4 Å². The third-order valence-corrected chi connectivity index (χ3v) is 6.81. The highest BCUT2D eigenvalue weighted by Crippen LogP contribution is 2.20. The molecule has 2 aromatic carbocycles. The number of aromatic nitrogens is 1. The molecule has 39 heavy (non-hydrogen) atoms. The predicted octanol–water partition coefficient (Wildman–Crippen LogP) is 0.910. The van der Waals surface area contributed by atoms with E-state index in [2.05, 4.69) is 20.9 Å². The number of carboxylic acid groups (broad SMARTS) is 1. The topological polar surface area (TPSA) is 187 Å². The third kappa shape index (κ3) is 8.48. The molecule has 0 fully saturated rings. The van der Waals surface area contributed by atoms with E-state index in [0.717, 1.165) is 16.5 Å². The number of phenols is 1. The van der Waals surface area contributed by atoms with E-state index in [0.29, 0.717) is 17.7 Å². The number of phenolic OH excluding ortho intramolecular Hbond substituents is 1. The van der Waals surface area contributed by atoms with E-state index in [1.54, 1.807) is 18.3 Å². The number of carbonyl (C=O) groups excluding carboxylic acids is 3. The van der Waals surface area contributed by atoms with Crippen LogP contribution in [0.4, 0.5) is 0 Å². The minimum atomic E-state index is -1.28. The second-order valence-electron chi connectivity index (χ2n) is 9.00. The molecule has 3 unspecified atom stereocenters. The van der Waals surface area contributed by atoms with Crippen molar-refractivity contribution in [3.05, 3.63) is 65.9 Å². The van der Waals surface area contributed by atoms with Crippen molar-refractivity contribution < 1.29 is 29.4 Å². The molecule has 0 bridgehead atoms. The first-order valence-electron chi connectivity index (χ1n) is 12.4. The minimum absolute atomic E-state index is 0.0298. The Kier molecular flexibility index (Phi) is 10.8. The molecule has 0 aliphatic heterocycles. The molecule has 3 amide bonds. The number of carbonyl (C=O) groups is 4. The molecule has 0 spiro atoms. The standard InChI is InChI=1S/C27H33N5O6S/c1-39-11-10-21(30-24(34)14-28)25(35)31-22(13-17-15-29-20-5-3-2-4-19(17)20)26(36)32-23(27(37)38)12-16-6-8-18(33)9-7-16/h2-9,15,21-23,29,33H,10-14,28H2,1H3,(H,30,34)(H,31,35)(H,32,36)(H,37,38). The summed E-state index contributed by atoms with van der Waals surface area (Å²) in [6.45, 7) is -0.292. The highest BCUT2D eigenvalue weighted by molar-refractivity contribution is 7.98. The summed E-state index contributed by atoms with van der Waals surface area (Å²) < 4.78 is 0. The molecule has 11 nitrogen and oxygen atoms in total. The lowest BCUT2D eigenvalue weighted by Crippen LogP contribution is -2.57. The lowest BCUT2D eigenvalue weighted by atomic mass is 10.0. The predicted molar refractivity (Wildman–Crippen MR) is 149 cm³/mol. The van der Waals surface area contributed by atoms with E-state index in [1.165, 1.54) is 23.9 Å². The number of hydrogen-bond donors (Lipinski definition) is 7. The summed E-state index contributed by atoms with van der Waals surface area (Å²) in [7, 11) is 0. The largest absolute Gasteiger partial charge is 0.508 e. The van der Waals surface area contributed by atoms with Crippen molar-refractivity contribution in [2.24, 2.45) is 5.73 Å². The molecule has 12 heteroatoms. The van der Waals surface area contributed by atoms with Crippen molar-refractivity contribution in [3.8, 4) is 5.75 Å². The normalized spacial score (nSPS) is 13.3. The maximum atomic E-state index is 13.5. The fourth-order valence-electron chi connectivity index (χ4n) is 4.10. The first-order chi connectivity index (χ1) is 18.7. The van der Waals surface area contributed by atoms with Crippen LogP contribution in [0.1, 0.15) is 17.5 Å². The summed E-state index contributed by atoms with van der Waals surface area (Å²) in [6, 6.07) is 10.1. The molecule has 8 N–H and O–H groups in total. The van der Waals surface area contributed by atoms with Crippen LogP contribution in [-0.2, 0) is 32.0 Å². The fraction of sp³-hybridized carbons (Fsp3) is 0.333. The van der Waals surface area contributed by atoms with Crippen LogP contribution in [0.2, 0.25) is 0 Å². The summed E-state index contributed by atoms with van der Waals surface area (Å²) in [5.41, 5.74) is 7.61. The van der Waals surface area contributed by atoms with Gasteiger partial charge in [0.15, 0.2) is 0 Å². The highest BCUT2D eigenvalue weighted by atomic mass is 32.2. The average Bonchev–Trinajstić information content (AvgIpc) is 3.33. The Morgan fingerprint density at radius 3 is 2.26 bits per heavy atom. The number of aliphatic carboxylic acids is 1. The Bertz CT molecular complexity index is 1300. The third-order valence-electron chi connectivity index (χ3n) is 6.17. The fourth-order valence-corrected chi connectivity index (χ4v) is 4.57. The van der Waals surface area contributed by atoms with Gasteiger partial charge in [-0.2, -0.15) is 11.8 Å². The van der Waals surface area contributed by atoms with Crippen molar-refractivity contribution in [2.75, 3.05) is 18.6 Å². The summed E-state index contributed by atoms with van der Waals surface area (Å²) >= 11 is 1.50. The van der Waals surface area contributed by atoms with Gasteiger partial charge in [0.05, 0.1) is 6.54 Å².